The number of nitrogens with zero attached hydrogens (tertiary/aromatic N) is 4. The second-order valence-electron chi connectivity index (χ2n) is 5.58. The first kappa shape index (κ1) is 17.2. The second kappa shape index (κ2) is 7.81. The van der Waals surface area contributed by atoms with E-state index in [1.807, 2.05) is 18.0 Å². The number of hydrogen-bond acceptors (Lipinski definition) is 5. The van der Waals surface area contributed by atoms with Crippen molar-refractivity contribution in [3.63, 3.8) is 0 Å². The Morgan fingerprint density at radius 3 is 2.48 bits per heavy atom. The summed E-state index contributed by atoms with van der Waals surface area (Å²) in [6.07, 6.45) is 0.955. The highest BCUT2D eigenvalue weighted by molar-refractivity contribution is 5.80. The Labute approximate surface area is 127 Å². The van der Waals surface area contributed by atoms with Crippen molar-refractivity contribution in [3.8, 4) is 0 Å². The van der Waals surface area contributed by atoms with E-state index in [1.165, 1.54) is 0 Å². The third kappa shape index (κ3) is 4.88. The lowest BCUT2D eigenvalue weighted by molar-refractivity contribution is -0.127. The van der Waals surface area contributed by atoms with Gasteiger partial charge < -0.3 is 15.1 Å². The van der Waals surface area contributed by atoms with Crippen LogP contribution in [0.3, 0.4) is 0 Å². The van der Waals surface area contributed by atoms with Crippen molar-refractivity contribution >= 4 is 17.5 Å². The first-order chi connectivity index (χ1) is 9.88. The fourth-order valence-corrected chi connectivity index (χ4v) is 1.85. The lowest BCUT2D eigenvalue weighted by atomic mass is 10.2. The van der Waals surface area contributed by atoms with Crippen LogP contribution in [0.5, 0.6) is 0 Å². The van der Waals surface area contributed by atoms with Gasteiger partial charge in [0.05, 0.1) is 6.54 Å². The SMILES string of the molecule is CCCN(CC(=O)N(C)C)c1cc(NC)nc(C(C)C)n1. The van der Waals surface area contributed by atoms with Crippen molar-refractivity contribution in [1.29, 1.82) is 0 Å². The van der Waals surface area contributed by atoms with E-state index in [0.29, 0.717) is 6.54 Å². The fourth-order valence-electron chi connectivity index (χ4n) is 1.85. The molecule has 21 heavy (non-hydrogen) atoms. The van der Waals surface area contributed by atoms with Crippen molar-refractivity contribution in [2.45, 2.75) is 33.1 Å². The molecule has 0 saturated heterocycles. The van der Waals surface area contributed by atoms with Crippen LogP contribution in [-0.2, 0) is 4.79 Å². The maximum Gasteiger partial charge on any atom is 0.241 e. The molecule has 1 heterocycles. The standard InChI is InChI=1S/C15H27N5O/c1-7-8-20(10-14(21)19(5)6)13-9-12(16-4)17-15(18-13)11(2)3/h9,11H,7-8,10H2,1-6H3,(H,16,17,18). The van der Waals surface area contributed by atoms with Crippen LogP contribution in [-0.4, -0.2) is 55.0 Å². The van der Waals surface area contributed by atoms with Gasteiger partial charge in [0, 0.05) is 39.7 Å². The number of aromatic nitrogens is 2. The van der Waals surface area contributed by atoms with Crippen molar-refractivity contribution in [2.75, 3.05) is 44.4 Å². The normalized spacial score (nSPS) is 10.6. The Morgan fingerprint density at radius 1 is 1.33 bits per heavy atom. The Bertz CT molecular complexity index is 473. The summed E-state index contributed by atoms with van der Waals surface area (Å²) in [7, 11) is 5.38. The summed E-state index contributed by atoms with van der Waals surface area (Å²) in [6.45, 7) is 7.34. The summed E-state index contributed by atoms with van der Waals surface area (Å²) in [5.41, 5.74) is 0. The smallest absolute Gasteiger partial charge is 0.241 e. The summed E-state index contributed by atoms with van der Waals surface area (Å²) in [5, 5.41) is 3.06. The molecule has 118 valence electrons. The molecule has 6 heteroatoms. The molecule has 0 aromatic carbocycles. The molecule has 0 radical (unpaired) electrons. The molecule has 0 aliphatic rings. The number of carbonyl (C=O) groups excluding carboxylic acids is 1. The van der Waals surface area contributed by atoms with E-state index in [0.717, 1.165) is 30.4 Å². The number of nitrogens with one attached hydrogen (secondary N) is 1. The Morgan fingerprint density at radius 2 is 2.00 bits per heavy atom. The zero-order valence-corrected chi connectivity index (χ0v) is 14.0. The average Bonchev–Trinajstić information content (AvgIpc) is 2.45. The predicted octanol–water partition coefficient (Wildman–Crippen LogP) is 1.95. The Balaban J connectivity index is 3.11. The number of amides is 1. The molecule has 0 spiro atoms. The molecule has 1 rings (SSSR count). The van der Waals surface area contributed by atoms with E-state index in [2.05, 4.69) is 36.1 Å². The van der Waals surface area contributed by atoms with E-state index in [4.69, 9.17) is 0 Å². The lowest BCUT2D eigenvalue weighted by Gasteiger charge is -2.25. The van der Waals surface area contributed by atoms with Crippen molar-refractivity contribution < 1.29 is 4.79 Å². The van der Waals surface area contributed by atoms with Gasteiger partial charge in [0.25, 0.3) is 0 Å². The highest BCUT2D eigenvalue weighted by atomic mass is 16.2. The van der Waals surface area contributed by atoms with Gasteiger partial charge in [-0.2, -0.15) is 0 Å². The molecule has 6 nitrogen and oxygen atoms in total. The summed E-state index contributed by atoms with van der Waals surface area (Å²) in [6, 6.07) is 1.89. The monoisotopic (exact) mass is 293 g/mol. The molecular formula is C15H27N5O. The van der Waals surface area contributed by atoms with Crippen LogP contribution in [0.1, 0.15) is 38.9 Å². The van der Waals surface area contributed by atoms with Gasteiger partial charge in [-0.3, -0.25) is 4.79 Å². The number of likely N-dealkylation sites (N-methyl/N-ethyl adjacent to an activating group) is 1. The summed E-state index contributed by atoms with van der Waals surface area (Å²) < 4.78 is 0. The number of hydrogen-bond donors (Lipinski definition) is 1. The molecule has 0 unspecified atom stereocenters. The molecule has 0 saturated carbocycles. The molecular weight excluding hydrogens is 266 g/mol. The fraction of sp³-hybridized carbons (Fsp3) is 0.667. The minimum atomic E-state index is 0.0687. The quantitative estimate of drug-likeness (QED) is 0.832. The van der Waals surface area contributed by atoms with E-state index in [1.54, 1.807) is 19.0 Å². The first-order valence-corrected chi connectivity index (χ1v) is 7.40. The van der Waals surface area contributed by atoms with Gasteiger partial charge >= 0.3 is 0 Å². The van der Waals surface area contributed by atoms with Crippen LogP contribution in [0.4, 0.5) is 11.6 Å². The van der Waals surface area contributed by atoms with Crippen LogP contribution in [0.25, 0.3) is 0 Å². The topological polar surface area (TPSA) is 61.4 Å². The number of carbonyl (C=O) groups is 1. The van der Waals surface area contributed by atoms with Gasteiger partial charge in [0.1, 0.15) is 17.5 Å². The van der Waals surface area contributed by atoms with Crippen LogP contribution < -0.4 is 10.2 Å². The van der Waals surface area contributed by atoms with Crippen molar-refractivity contribution in [3.05, 3.63) is 11.9 Å². The molecule has 1 N–H and O–H groups in total. The highest BCUT2D eigenvalue weighted by Crippen LogP contribution is 2.20. The van der Waals surface area contributed by atoms with Gasteiger partial charge in [0.15, 0.2) is 0 Å². The highest BCUT2D eigenvalue weighted by Gasteiger charge is 2.16. The van der Waals surface area contributed by atoms with E-state index in [9.17, 15) is 4.79 Å². The van der Waals surface area contributed by atoms with Crippen molar-refractivity contribution in [2.24, 2.45) is 0 Å². The molecule has 0 bridgehead atoms. The van der Waals surface area contributed by atoms with Crippen LogP contribution >= 0.6 is 0 Å². The Hall–Kier alpha value is -1.85. The van der Waals surface area contributed by atoms with E-state index >= 15 is 0 Å². The Kier molecular flexibility index (Phi) is 6.39. The minimum Gasteiger partial charge on any atom is -0.373 e. The van der Waals surface area contributed by atoms with E-state index in [-0.39, 0.29) is 11.8 Å². The first-order valence-electron chi connectivity index (χ1n) is 7.40. The zero-order chi connectivity index (χ0) is 16.0. The average molecular weight is 293 g/mol. The van der Waals surface area contributed by atoms with Gasteiger partial charge in [0.2, 0.25) is 5.91 Å². The molecule has 0 aliphatic heterocycles. The maximum absolute atomic E-state index is 12.0. The van der Waals surface area contributed by atoms with Gasteiger partial charge in [-0.05, 0) is 6.42 Å². The van der Waals surface area contributed by atoms with Gasteiger partial charge in [-0.1, -0.05) is 20.8 Å². The lowest BCUT2D eigenvalue weighted by Crippen LogP contribution is -2.37. The third-order valence-electron chi connectivity index (χ3n) is 3.14. The zero-order valence-electron chi connectivity index (χ0n) is 14.0. The van der Waals surface area contributed by atoms with Crippen molar-refractivity contribution in [1.82, 2.24) is 14.9 Å². The maximum atomic E-state index is 12.0. The summed E-state index contributed by atoms with van der Waals surface area (Å²) in [5.74, 6) is 2.68. The van der Waals surface area contributed by atoms with Gasteiger partial charge in [-0.15, -0.1) is 0 Å². The molecule has 0 aliphatic carbocycles. The van der Waals surface area contributed by atoms with Crippen LogP contribution in [0, 0.1) is 0 Å². The second-order valence-corrected chi connectivity index (χ2v) is 5.58. The molecule has 1 aromatic heterocycles. The molecule has 1 aromatic rings. The van der Waals surface area contributed by atoms with Gasteiger partial charge in [-0.25, -0.2) is 9.97 Å². The largest absolute Gasteiger partial charge is 0.373 e. The van der Waals surface area contributed by atoms with E-state index < -0.39 is 0 Å². The molecule has 1 amide bonds. The van der Waals surface area contributed by atoms with Crippen LogP contribution in [0.2, 0.25) is 0 Å². The number of anilines is 2. The van der Waals surface area contributed by atoms with Crippen LogP contribution in [0.15, 0.2) is 6.07 Å². The molecule has 0 atom stereocenters. The third-order valence-corrected chi connectivity index (χ3v) is 3.14. The minimum absolute atomic E-state index is 0.0687. The summed E-state index contributed by atoms with van der Waals surface area (Å²) in [4.78, 5) is 24.7. The number of rotatable bonds is 7. The molecule has 0 fully saturated rings. The predicted molar refractivity (Wildman–Crippen MR) is 86.9 cm³/mol. The summed E-state index contributed by atoms with van der Waals surface area (Å²) >= 11 is 0.